The normalized spacial score (nSPS) is 17.4. The average molecular weight is 237 g/mol. The average Bonchev–Trinajstić information content (AvgIpc) is 2.64. The smallest absolute Gasteiger partial charge is 0.242 e. The van der Waals surface area contributed by atoms with E-state index in [4.69, 9.17) is 0 Å². The van der Waals surface area contributed by atoms with Gasteiger partial charge in [-0.05, 0) is 6.42 Å². The predicted octanol–water partition coefficient (Wildman–Crippen LogP) is 2.04. The van der Waals surface area contributed by atoms with E-state index in [0.29, 0.717) is 6.42 Å². The first kappa shape index (κ1) is 13.6. The number of carbonyl (C=O) groups excluding carboxylic acids is 3. The molecular weight excluding hydrogens is 218 g/mol. The molecule has 0 aromatic carbocycles. The van der Waals surface area contributed by atoms with Crippen LogP contribution in [0.4, 0.5) is 0 Å². The molecule has 94 valence electrons. The number of imide groups is 3. The van der Waals surface area contributed by atoms with Gasteiger partial charge in [-0.2, -0.15) is 0 Å². The monoisotopic (exact) mass is 237 g/mol. The Kier molecular flexibility index (Phi) is 5.07. The van der Waals surface area contributed by atoms with Crippen LogP contribution in [0.1, 0.15) is 45.4 Å². The van der Waals surface area contributed by atoms with Gasteiger partial charge in [0.25, 0.3) is 0 Å². The number of hydrogen-bond acceptors (Lipinski definition) is 3. The van der Waals surface area contributed by atoms with Gasteiger partial charge in [0.15, 0.2) is 0 Å². The van der Waals surface area contributed by atoms with Gasteiger partial charge in [0.1, 0.15) is 0 Å². The molecule has 17 heavy (non-hydrogen) atoms. The lowest BCUT2D eigenvalue weighted by molar-refractivity contribution is -0.150. The molecule has 0 aliphatic carbocycles. The highest BCUT2D eigenvalue weighted by Crippen LogP contribution is 2.19. The first-order valence-corrected chi connectivity index (χ1v) is 6.14. The third-order valence-corrected chi connectivity index (χ3v) is 2.99. The first-order chi connectivity index (χ1) is 8.11. The fourth-order valence-corrected chi connectivity index (χ4v) is 1.94. The number of hydrogen-bond donors (Lipinski definition) is 0. The van der Waals surface area contributed by atoms with Crippen LogP contribution in [0.5, 0.6) is 0 Å². The number of amides is 3. The van der Waals surface area contributed by atoms with Crippen molar-refractivity contribution in [3.8, 4) is 0 Å². The molecule has 0 spiro atoms. The van der Waals surface area contributed by atoms with Crippen LogP contribution in [-0.2, 0) is 14.4 Å². The SMILES string of the molecule is C=CC(CCCCC)C(=O)N1C(=O)CCC1=O. The molecule has 1 saturated heterocycles. The zero-order valence-corrected chi connectivity index (χ0v) is 10.3. The quantitative estimate of drug-likeness (QED) is 0.403. The highest BCUT2D eigenvalue weighted by Gasteiger charge is 2.36. The van der Waals surface area contributed by atoms with E-state index in [1.165, 1.54) is 6.08 Å². The molecule has 1 rings (SSSR count). The molecule has 0 aromatic heterocycles. The minimum Gasteiger partial charge on any atom is -0.274 e. The van der Waals surface area contributed by atoms with Gasteiger partial charge < -0.3 is 0 Å². The van der Waals surface area contributed by atoms with E-state index in [9.17, 15) is 14.4 Å². The number of likely N-dealkylation sites (tertiary alicyclic amines) is 1. The summed E-state index contributed by atoms with van der Waals surface area (Å²) in [5.41, 5.74) is 0. The molecule has 0 saturated carbocycles. The molecular formula is C13H19NO3. The summed E-state index contributed by atoms with van der Waals surface area (Å²) in [6.07, 6.45) is 5.53. The van der Waals surface area contributed by atoms with Crippen LogP contribution >= 0.6 is 0 Å². The van der Waals surface area contributed by atoms with Gasteiger partial charge in [-0.1, -0.05) is 32.3 Å². The predicted molar refractivity (Wildman–Crippen MR) is 63.9 cm³/mol. The third-order valence-electron chi connectivity index (χ3n) is 2.99. The number of nitrogens with zero attached hydrogens (tertiary/aromatic N) is 1. The van der Waals surface area contributed by atoms with Crippen molar-refractivity contribution in [1.29, 1.82) is 0 Å². The first-order valence-electron chi connectivity index (χ1n) is 6.14. The van der Waals surface area contributed by atoms with Crippen molar-refractivity contribution in [2.24, 2.45) is 5.92 Å². The van der Waals surface area contributed by atoms with Crippen molar-refractivity contribution >= 4 is 17.7 Å². The lowest BCUT2D eigenvalue weighted by atomic mass is 10.00. The van der Waals surface area contributed by atoms with Crippen LogP contribution in [0, 0.1) is 5.92 Å². The Morgan fingerprint density at radius 1 is 1.35 bits per heavy atom. The number of carbonyl (C=O) groups is 3. The summed E-state index contributed by atoms with van der Waals surface area (Å²) in [6.45, 7) is 5.69. The Hall–Kier alpha value is -1.45. The summed E-state index contributed by atoms with van der Waals surface area (Å²) in [5.74, 6) is -1.55. The maximum absolute atomic E-state index is 12.0. The summed E-state index contributed by atoms with van der Waals surface area (Å²) in [6, 6.07) is 0. The largest absolute Gasteiger partial charge is 0.274 e. The molecule has 0 N–H and O–H groups in total. The van der Waals surface area contributed by atoms with Crippen molar-refractivity contribution in [1.82, 2.24) is 4.90 Å². The van der Waals surface area contributed by atoms with E-state index in [1.807, 2.05) is 0 Å². The standard InChI is InChI=1S/C13H19NO3/c1-3-5-6-7-10(4-2)13(17)14-11(15)8-9-12(14)16/h4,10H,2-3,5-9H2,1H3. The molecule has 0 aromatic rings. The maximum atomic E-state index is 12.0. The van der Waals surface area contributed by atoms with Crippen molar-refractivity contribution in [3.05, 3.63) is 12.7 Å². The Bertz CT molecular complexity index is 320. The Morgan fingerprint density at radius 3 is 2.41 bits per heavy atom. The topological polar surface area (TPSA) is 54.5 Å². The highest BCUT2D eigenvalue weighted by atomic mass is 16.2. The van der Waals surface area contributed by atoms with Gasteiger partial charge in [-0.25, -0.2) is 4.90 Å². The molecule has 1 fully saturated rings. The minimum atomic E-state index is -0.410. The van der Waals surface area contributed by atoms with Crippen LogP contribution in [0.25, 0.3) is 0 Å². The van der Waals surface area contributed by atoms with Crippen LogP contribution in [0.15, 0.2) is 12.7 Å². The van der Waals surface area contributed by atoms with Gasteiger partial charge in [-0.15, -0.1) is 6.58 Å². The van der Waals surface area contributed by atoms with Gasteiger partial charge >= 0.3 is 0 Å². The van der Waals surface area contributed by atoms with E-state index in [1.54, 1.807) is 0 Å². The molecule has 1 heterocycles. The molecule has 1 aliphatic rings. The van der Waals surface area contributed by atoms with Crippen molar-refractivity contribution in [2.75, 3.05) is 0 Å². The fraction of sp³-hybridized carbons (Fsp3) is 0.615. The van der Waals surface area contributed by atoms with Crippen LogP contribution < -0.4 is 0 Å². The second-order valence-electron chi connectivity index (χ2n) is 4.30. The van der Waals surface area contributed by atoms with Crippen LogP contribution in [0.3, 0.4) is 0 Å². The Morgan fingerprint density at radius 2 is 1.94 bits per heavy atom. The van der Waals surface area contributed by atoms with Gasteiger partial charge in [0.2, 0.25) is 17.7 Å². The Balaban J connectivity index is 2.62. The van der Waals surface area contributed by atoms with Crippen molar-refractivity contribution < 1.29 is 14.4 Å². The Labute approximate surface area is 102 Å². The van der Waals surface area contributed by atoms with Crippen LogP contribution in [0.2, 0.25) is 0 Å². The molecule has 1 unspecified atom stereocenters. The van der Waals surface area contributed by atoms with Gasteiger partial charge in [0, 0.05) is 12.8 Å². The lowest BCUT2D eigenvalue weighted by Gasteiger charge is -2.17. The van der Waals surface area contributed by atoms with Crippen molar-refractivity contribution in [3.63, 3.8) is 0 Å². The molecule has 4 nitrogen and oxygen atoms in total. The second-order valence-corrected chi connectivity index (χ2v) is 4.30. The molecule has 3 amide bonds. The highest BCUT2D eigenvalue weighted by molar-refractivity contribution is 6.15. The number of rotatable bonds is 6. The zero-order valence-electron chi connectivity index (χ0n) is 10.3. The van der Waals surface area contributed by atoms with Crippen LogP contribution in [-0.4, -0.2) is 22.6 Å². The molecule has 0 radical (unpaired) electrons. The van der Waals surface area contributed by atoms with E-state index in [2.05, 4.69) is 13.5 Å². The minimum absolute atomic E-state index is 0.156. The van der Waals surface area contributed by atoms with E-state index in [0.717, 1.165) is 24.2 Å². The van der Waals surface area contributed by atoms with Crippen molar-refractivity contribution in [2.45, 2.75) is 45.4 Å². The van der Waals surface area contributed by atoms with Gasteiger partial charge in [0.05, 0.1) is 5.92 Å². The lowest BCUT2D eigenvalue weighted by Crippen LogP contribution is -2.39. The summed E-state index contributed by atoms with van der Waals surface area (Å²) in [7, 11) is 0. The summed E-state index contributed by atoms with van der Waals surface area (Å²) in [5, 5.41) is 0. The fourth-order valence-electron chi connectivity index (χ4n) is 1.94. The summed E-state index contributed by atoms with van der Waals surface area (Å²) >= 11 is 0. The molecule has 1 atom stereocenters. The van der Waals surface area contributed by atoms with E-state index < -0.39 is 11.8 Å². The second kappa shape index (κ2) is 6.33. The third kappa shape index (κ3) is 3.25. The molecule has 0 bridgehead atoms. The summed E-state index contributed by atoms with van der Waals surface area (Å²) in [4.78, 5) is 35.7. The maximum Gasteiger partial charge on any atom is 0.242 e. The molecule has 4 heteroatoms. The molecule has 1 aliphatic heterocycles. The van der Waals surface area contributed by atoms with E-state index >= 15 is 0 Å². The van der Waals surface area contributed by atoms with E-state index in [-0.39, 0.29) is 24.7 Å². The van der Waals surface area contributed by atoms with Gasteiger partial charge in [-0.3, -0.25) is 14.4 Å². The summed E-state index contributed by atoms with van der Waals surface area (Å²) < 4.78 is 0. The number of unbranched alkanes of at least 4 members (excludes halogenated alkanes) is 2. The zero-order chi connectivity index (χ0) is 12.8.